The van der Waals surface area contributed by atoms with Crippen LogP contribution in [-0.4, -0.2) is 47.4 Å². The Hall–Kier alpha value is -2.40. The number of benzene rings is 1. The van der Waals surface area contributed by atoms with Crippen molar-refractivity contribution >= 4 is 5.91 Å². The smallest absolute Gasteiger partial charge is 0.229 e. The first-order valence-electron chi connectivity index (χ1n) is 9.73. The molecule has 2 aliphatic heterocycles. The fraction of sp³-hybridized carbons (Fsp3) is 0.455. The molecule has 0 saturated carbocycles. The van der Waals surface area contributed by atoms with Crippen LogP contribution in [0, 0.1) is 5.41 Å². The molecule has 3 heterocycles. The van der Waals surface area contributed by atoms with Crippen molar-refractivity contribution in [3.63, 3.8) is 0 Å². The third-order valence-electron chi connectivity index (χ3n) is 6.06. The predicted octanol–water partition coefficient (Wildman–Crippen LogP) is 3.10. The number of carbonyl (C=O) groups is 1. The largest absolute Gasteiger partial charge is 0.497 e. The Morgan fingerprint density at radius 3 is 2.41 bits per heavy atom. The van der Waals surface area contributed by atoms with Crippen molar-refractivity contribution in [3.8, 4) is 5.75 Å². The minimum atomic E-state index is -0.148. The lowest BCUT2D eigenvalue weighted by Crippen LogP contribution is -2.44. The topological polar surface area (TPSA) is 45.7 Å². The molecule has 27 heavy (non-hydrogen) atoms. The number of amides is 1. The van der Waals surface area contributed by atoms with Gasteiger partial charge in [-0.2, -0.15) is 0 Å². The van der Waals surface area contributed by atoms with Crippen LogP contribution < -0.4 is 4.74 Å². The first-order valence-corrected chi connectivity index (χ1v) is 9.73. The minimum Gasteiger partial charge on any atom is -0.497 e. The second-order valence-corrected chi connectivity index (χ2v) is 7.70. The van der Waals surface area contributed by atoms with E-state index in [0.29, 0.717) is 12.5 Å². The summed E-state index contributed by atoms with van der Waals surface area (Å²) in [6.07, 6.45) is 4.69. The number of likely N-dealkylation sites (tertiary alicyclic amines) is 2. The van der Waals surface area contributed by atoms with Crippen molar-refractivity contribution in [3.05, 3.63) is 59.9 Å². The van der Waals surface area contributed by atoms with Crippen molar-refractivity contribution < 1.29 is 9.53 Å². The first-order chi connectivity index (χ1) is 13.2. The molecule has 1 amide bonds. The SMILES string of the molecule is COc1ccc(CN2CCC3(CC2)CCN(Cc2ccccn2)C3=O)cc1. The van der Waals surface area contributed by atoms with E-state index >= 15 is 0 Å². The molecule has 2 aliphatic rings. The molecular formula is C22H27N3O2. The fourth-order valence-electron chi connectivity index (χ4n) is 4.32. The summed E-state index contributed by atoms with van der Waals surface area (Å²) in [4.78, 5) is 21.9. The molecule has 5 heteroatoms. The van der Waals surface area contributed by atoms with Gasteiger partial charge in [-0.15, -0.1) is 0 Å². The molecule has 0 N–H and O–H groups in total. The molecule has 2 fully saturated rings. The van der Waals surface area contributed by atoms with E-state index in [2.05, 4.69) is 22.0 Å². The lowest BCUT2D eigenvalue weighted by atomic mass is 9.77. The maximum absolute atomic E-state index is 13.1. The van der Waals surface area contributed by atoms with Crippen molar-refractivity contribution in [1.29, 1.82) is 0 Å². The number of hydrogen-bond acceptors (Lipinski definition) is 4. The Bertz CT molecular complexity index is 768. The highest BCUT2D eigenvalue weighted by Gasteiger charge is 2.47. The van der Waals surface area contributed by atoms with E-state index in [1.54, 1.807) is 13.3 Å². The highest BCUT2D eigenvalue weighted by molar-refractivity contribution is 5.85. The summed E-state index contributed by atoms with van der Waals surface area (Å²) in [5.74, 6) is 1.22. The highest BCUT2D eigenvalue weighted by Crippen LogP contribution is 2.42. The molecule has 1 aromatic heterocycles. The average Bonchev–Trinajstić information content (AvgIpc) is 3.01. The summed E-state index contributed by atoms with van der Waals surface area (Å²) in [5.41, 5.74) is 2.12. The number of pyridine rings is 1. The molecule has 5 nitrogen and oxygen atoms in total. The minimum absolute atomic E-state index is 0.148. The molecule has 0 radical (unpaired) electrons. The Balaban J connectivity index is 1.33. The molecule has 142 valence electrons. The van der Waals surface area contributed by atoms with Crippen LogP contribution in [0.4, 0.5) is 0 Å². The summed E-state index contributed by atoms with van der Waals surface area (Å²) >= 11 is 0. The van der Waals surface area contributed by atoms with Gasteiger partial charge in [0.1, 0.15) is 5.75 Å². The lowest BCUT2D eigenvalue weighted by Gasteiger charge is -2.38. The van der Waals surface area contributed by atoms with Gasteiger partial charge in [0, 0.05) is 19.3 Å². The van der Waals surface area contributed by atoms with Crippen LogP contribution in [0.5, 0.6) is 5.75 Å². The second-order valence-electron chi connectivity index (χ2n) is 7.70. The molecule has 2 aromatic rings. The van der Waals surface area contributed by atoms with E-state index in [1.807, 2.05) is 35.2 Å². The van der Waals surface area contributed by atoms with Gasteiger partial charge in [0.25, 0.3) is 0 Å². The zero-order valence-electron chi connectivity index (χ0n) is 15.9. The summed E-state index contributed by atoms with van der Waals surface area (Å²) in [6, 6.07) is 14.2. The molecule has 0 bridgehead atoms. The van der Waals surface area contributed by atoms with Gasteiger partial charge in [-0.3, -0.25) is 14.7 Å². The van der Waals surface area contributed by atoms with E-state index in [0.717, 1.165) is 56.9 Å². The van der Waals surface area contributed by atoms with E-state index in [1.165, 1.54) is 5.56 Å². The fourth-order valence-corrected chi connectivity index (χ4v) is 4.32. The highest BCUT2D eigenvalue weighted by atomic mass is 16.5. The molecule has 0 aliphatic carbocycles. The van der Waals surface area contributed by atoms with Crippen LogP contribution >= 0.6 is 0 Å². The number of hydrogen-bond donors (Lipinski definition) is 0. The molecule has 1 aromatic carbocycles. The van der Waals surface area contributed by atoms with E-state index in [9.17, 15) is 4.79 Å². The number of piperidine rings is 1. The Morgan fingerprint density at radius 2 is 1.74 bits per heavy atom. The van der Waals surface area contributed by atoms with Crippen LogP contribution in [0.1, 0.15) is 30.5 Å². The standard InChI is InChI=1S/C22H27N3O2/c1-27-20-7-5-18(6-8-20)16-24-13-9-22(10-14-24)11-15-25(21(22)26)17-19-4-2-3-12-23-19/h2-8,12H,9-11,13-17H2,1H3. The average molecular weight is 365 g/mol. The monoisotopic (exact) mass is 365 g/mol. The zero-order chi connectivity index (χ0) is 18.7. The summed E-state index contributed by atoms with van der Waals surface area (Å²) < 4.78 is 5.23. The number of methoxy groups -OCH3 is 1. The van der Waals surface area contributed by atoms with Crippen molar-refractivity contribution in [2.45, 2.75) is 32.4 Å². The third kappa shape index (κ3) is 3.83. The summed E-state index contributed by atoms with van der Waals surface area (Å²) in [5, 5.41) is 0. The lowest BCUT2D eigenvalue weighted by molar-refractivity contribution is -0.139. The van der Waals surface area contributed by atoms with Gasteiger partial charge in [-0.05, 0) is 62.2 Å². The second kappa shape index (κ2) is 7.69. The third-order valence-corrected chi connectivity index (χ3v) is 6.06. The van der Waals surface area contributed by atoms with Gasteiger partial charge in [-0.1, -0.05) is 18.2 Å². The van der Waals surface area contributed by atoms with Crippen molar-refractivity contribution in [2.75, 3.05) is 26.7 Å². The van der Waals surface area contributed by atoms with Gasteiger partial charge in [-0.25, -0.2) is 0 Å². The van der Waals surface area contributed by atoms with Crippen LogP contribution in [0.15, 0.2) is 48.7 Å². The number of ether oxygens (including phenoxy) is 1. The maximum atomic E-state index is 13.1. The van der Waals surface area contributed by atoms with Crippen LogP contribution in [0.25, 0.3) is 0 Å². The van der Waals surface area contributed by atoms with Crippen LogP contribution in [-0.2, 0) is 17.9 Å². The van der Waals surface area contributed by atoms with Gasteiger partial charge in [0.05, 0.1) is 24.8 Å². The zero-order valence-corrected chi connectivity index (χ0v) is 15.9. The maximum Gasteiger partial charge on any atom is 0.229 e. The van der Waals surface area contributed by atoms with Crippen LogP contribution in [0.2, 0.25) is 0 Å². The Kier molecular flexibility index (Phi) is 5.12. The first kappa shape index (κ1) is 18.0. The van der Waals surface area contributed by atoms with Gasteiger partial charge < -0.3 is 9.64 Å². The molecule has 2 saturated heterocycles. The predicted molar refractivity (Wildman–Crippen MR) is 104 cm³/mol. The van der Waals surface area contributed by atoms with Crippen molar-refractivity contribution in [1.82, 2.24) is 14.8 Å². The van der Waals surface area contributed by atoms with Crippen LogP contribution in [0.3, 0.4) is 0 Å². The van der Waals surface area contributed by atoms with Gasteiger partial charge in [0.15, 0.2) is 0 Å². The van der Waals surface area contributed by atoms with Gasteiger partial charge >= 0.3 is 0 Å². The number of carbonyl (C=O) groups excluding carboxylic acids is 1. The summed E-state index contributed by atoms with van der Waals surface area (Å²) in [6.45, 7) is 4.39. The van der Waals surface area contributed by atoms with E-state index in [-0.39, 0.29) is 5.41 Å². The number of rotatable bonds is 5. The molecule has 4 rings (SSSR count). The molecule has 1 spiro atoms. The quantitative estimate of drug-likeness (QED) is 0.817. The summed E-state index contributed by atoms with van der Waals surface area (Å²) in [7, 11) is 1.69. The number of nitrogens with zero attached hydrogens (tertiary/aromatic N) is 3. The molecule has 0 unspecified atom stereocenters. The number of aromatic nitrogens is 1. The molecular weight excluding hydrogens is 338 g/mol. The Labute approximate surface area is 161 Å². The van der Waals surface area contributed by atoms with Crippen molar-refractivity contribution in [2.24, 2.45) is 5.41 Å². The molecule has 0 atom stereocenters. The normalized spacial score (nSPS) is 19.6. The Morgan fingerprint density at radius 1 is 1.00 bits per heavy atom. The van der Waals surface area contributed by atoms with E-state index < -0.39 is 0 Å². The van der Waals surface area contributed by atoms with E-state index in [4.69, 9.17) is 4.74 Å². The van der Waals surface area contributed by atoms with Gasteiger partial charge in [0.2, 0.25) is 5.91 Å².